The number of nitrogens with one attached hydrogen (secondary N) is 1. The molecule has 1 atom stereocenters. The predicted octanol–water partition coefficient (Wildman–Crippen LogP) is 3.51. The Balaban J connectivity index is 2.40. The fourth-order valence-corrected chi connectivity index (χ4v) is 2.06. The van der Waals surface area contributed by atoms with Crippen LogP contribution in [0.5, 0.6) is 0 Å². The number of hydrogen-bond donors (Lipinski definition) is 1. The van der Waals surface area contributed by atoms with Crippen LogP contribution in [0, 0.1) is 6.92 Å². The largest absolute Gasteiger partial charge is 0.444 e. The molecule has 0 aliphatic rings. The van der Waals surface area contributed by atoms with Crippen LogP contribution in [0.4, 0.5) is 4.79 Å². The SMILES string of the molecule is Cc1ccccc1C(C)NCCN(C)C(=O)OC(C)(C)C. The van der Waals surface area contributed by atoms with Gasteiger partial charge in [-0.1, -0.05) is 24.3 Å². The number of ether oxygens (including phenoxy) is 1. The third kappa shape index (κ3) is 6.17. The Bertz CT molecular complexity index is 466. The monoisotopic (exact) mass is 292 g/mol. The second-order valence-corrected chi connectivity index (χ2v) is 6.43. The van der Waals surface area contributed by atoms with E-state index in [1.807, 2.05) is 32.9 Å². The van der Waals surface area contributed by atoms with Crippen LogP contribution in [-0.4, -0.2) is 36.7 Å². The van der Waals surface area contributed by atoms with Gasteiger partial charge in [-0.25, -0.2) is 4.79 Å². The Hall–Kier alpha value is -1.55. The van der Waals surface area contributed by atoms with Gasteiger partial charge in [-0.05, 0) is 45.7 Å². The summed E-state index contributed by atoms with van der Waals surface area (Å²) in [6.45, 7) is 11.2. The van der Waals surface area contributed by atoms with E-state index in [4.69, 9.17) is 4.74 Å². The molecule has 1 aromatic carbocycles. The third-order valence-electron chi connectivity index (χ3n) is 3.26. The molecule has 0 aromatic heterocycles. The number of carbonyl (C=O) groups is 1. The molecular formula is C17H28N2O2. The van der Waals surface area contributed by atoms with E-state index in [-0.39, 0.29) is 12.1 Å². The predicted molar refractivity (Wildman–Crippen MR) is 86.5 cm³/mol. The number of rotatable bonds is 5. The molecule has 1 rings (SSSR count). The van der Waals surface area contributed by atoms with Gasteiger partial charge in [0, 0.05) is 26.2 Å². The van der Waals surface area contributed by atoms with Crippen molar-refractivity contribution in [3.05, 3.63) is 35.4 Å². The highest BCUT2D eigenvalue weighted by molar-refractivity contribution is 5.67. The lowest BCUT2D eigenvalue weighted by atomic mass is 10.0. The highest BCUT2D eigenvalue weighted by Gasteiger charge is 2.19. The molecule has 0 aliphatic carbocycles. The van der Waals surface area contributed by atoms with Gasteiger partial charge in [-0.2, -0.15) is 0 Å². The minimum absolute atomic E-state index is 0.262. The molecule has 1 amide bonds. The smallest absolute Gasteiger partial charge is 0.410 e. The van der Waals surface area contributed by atoms with Crippen molar-refractivity contribution >= 4 is 6.09 Å². The van der Waals surface area contributed by atoms with Gasteiger partial charge < -0.3 is 15.0 Å². The van der Waals surface area contributed by atoms with E-state index in [0.717, 1.165) is 6.54 Å². The quantitative estimate of drug-likeness (QED) is 0.903. The fourth-order valence-electron chi connectivity index (χ4n) is 2.06. The molecule has 0 radical (unpaired) electrons. The zero-order chi connectivity index (χ0) is 16.0. The van der Waals surface area contributed by atoms with Crippen molar-refractivity contribution in [3.63, 3.8) is 0 Å². The molecule has 0 aliphatic heterocycles. The Kier molecular flexibility index (Phi) is 6.21. The topological polar surface area (TPSA) is 41.6 Å². The van der Waals surface area contributed by atoms with E-state index >= 15 is 0 Å². The van der Waals surface area contributed by atoms with Gasteiger partial charge >= 0.3 is 6.09 Å². The zero-order valence-electron chi connectivity index (χ0n) is 14.1. The van der Waals surface area contributed by atoms with Crippen molar-refractivity contribution in [1.82, 2.24) is 10.2 Å². The van der Waals surface area contributed by atoms with E-state index in [1.165, 1.54) is 11.1 Å². The molecule has 21 heavy (non-hydrogen) atoms. The first-order chi connectivity index (χ1) is 9.70. The summed E-state index contributed by atoms with van der Waals surface area (Å²) in [7, 11) is 1.76. The summed E-state index contributed by atoms with van der Waals surface area (Å²) in [4.78, 5) is 13.4. The number of hydrogen-bond acceptors (Lipinski definition) is 3. The summed E-state index contributed by atoms with van der Waals surface area (Å²) in [6, 6.07) is 8.60. The maximum Gasteiger partial charge on any atom is 0.410 e. The summed E-state index contributed by atoms with van der Waals surface area (Å²) in [6.07, 6.45) is -0.284. The Morgan fingerprint density at radius 1 is 1.33 bits per heavy atom. The number of benzene rings is 1. The molecule has 0 bridgehead atoms. The van der Waals surface area contributed by atoms with Gasteiger partial charge in [0.25, 0.3) is 0 Å². The maximum absolute atomic E-state index is 11.8. The van der Waals surface area contributed by atoms with Gasteiger partial charge in [0.1, 0.15) is 5.60 Å². The summed E-state index contributed by atoms with van der Waals surface area (Å²) in [5, 5.41) is 3.44. The minimum Gasteiger partial charge on any atom is -0.444 e. The summed E-state index contributed by atoms with van der Waals surface area (Å²) in [5.41, 5.74) is 2.11. The third-order valence-corrected chi connectivity index (χ3v) is 3.26. The van der Waals surface area contributed by atoms with Crippen LogP contribution >= 0.6 is 0 Å². The summed E-state index contributed by atoms with van der Waals surface area (Å²) < 4.78 is 5.32. The molecule has 0 heterocycles. The minimum atomic E-state index is -0.451. The van der Waals surface area contributed by atoms with E-state index in [2.05, 4.69) is 31.3 Å². The van der Waals surface area contributed by atoms with E-state index < -0.39 is 5.60 Å². The molecular weight excluding hydrogens is 264 g/mol. The number of carbonyl (C=O) groups excluding carboxylic acids is 1. The van der Waals surface area contributed by atoms with E-state index in [0.29, 0.717) is 6.54 Å². The van der Waals surface area contributed by atoms with Gasteiger partial charge in [0.2, 0.25) is 0 Å². The average Bonchev–Trinajstić information content (AvgIpc) is 2.36. The van der Waals surface area contributed by atoms with Crippen LogP contribution in [0.3, 0.4) is 0 Å². The molecule has 4 heteroatoms. The van der Waals surface area contributed by atoms with Crippen molar-refractivity contribution in [2.45, 2.75) is 46.3 Å². The van der Waals surface area contributed by atoms with Crippen LogP contribution in [0.2, 0.25) is 0 Å². The molecule has 0 spiro atoms. The first-order valence-electron chi connectivity index (χ1n) is 7.44. The Labute approximate surface area is 128 Å². The van der Waals surface area contributed by atoms with Crippen molar-refractivity contribution in [2.75, 3.05) is 20.1 Å². The molecule has 4 nitrogen and oxygen atoms in total. The lowest BCUT2D eigenvalue weighted by Crippen LogP contribution is -2.38. The highest BCUT2D eigenvalue weighted by Crippen LogP contribution is 2.16. The lowest BCUT2D eigenvalue weighted by molar-refractivity contribution is 0.0299. The van der Waals surface area contributed by atoms with Crippen LogP contribution in [-0.2, 0) is 4.74 Å². The molecule has 1 unspecified atom stereocenters. The van der Waals surface area contributed by atoms with Gasteiger partial charge in [-0.3, -0.25) is 0 Å². The second kappa shape index (κ2) is 7.46. The Morgan fingerprint density at radius 3 is 2.52 bits per heavy atom. The first kappa shape index (κ1) is 17.5. The normalized spacial score (nSPS) is 12.9. The van der Waals surface area contributed by atoms with E-state index in [1.54, 1.807) is 11.9 Å². The van der Waals surface area contributed by atoms with E-state index in [9.17, 15) is 4.79 Å². The molecule has 1 N–H and O–H groups in total. The van der Waals surface area contributed by atoms with Crippen LogP contribution < -0.4 is 5.32 Å². The first-order valence-corrected chi connectivity index (χ1v) is 7.44. The standard InChI is InChI=1S/C17H28N2O2/c1-13-9-7-8-10-15(13)14(2)18-11-12-19(6)16(20)21-17(3,4)5/h7-10,14,18H,11-12H2,1-6H3. The molecule has 0 fully saturated rings. The number of aryl methyl sites for hydroxylation is 1. The van der Waals surface area contributed by atoms with Gasteiger partial charge in [0.15, 0.2) is 0 Å². The fraction of sp³-hybridized carbons (Fsp3) is 0.588. The number of nitrogens with zero attached hydrogens (tertiary/aromatic N) is 1. The van der Waals surface area contributed by atoms with Crippen molar-refractivity contribution in [1.29, 1.82) is 0 Å². The number of amides is 1. The average molecular weight is 292 g/mol. The van der Waals surface area contributed by atoms with Crippen LogP contribution in [0.15, 0.2) is 24.3 Å². The maximum atomic E-state index is 11.8. The second-order valence-electron chi connectivity index (χ2n) is 6.43. The van der Waals surface area contributed by atoms with Crippen LogP contribution in [0.25, 0.3) is 0 Å². The van der Waals surface area contributed by atoms with Gasteiger partial charge in [-0.15, -0.1) is 0 Å². The summed E-state index contributed by atoms with van der Waals surface area (Å²) in [5.74, 6) is 0. The van der Waals surface area contributed by atoms with Crippen LogP contribution in [0.1, 0.15) is 44.9 Å². The van der Waals surface area contributed by atoms with Crippen molar-refractivity contribution in [3.8, 4) is 0 Å². The Morgan fingerprint density at radius 2 is 1.95 bits per heavy atom. The van der Waals surface area contributed by atoms with Crippen molar-refractivity contribution < 1.29 is 9.53 Å². The summed E-state index contributed by atoms with van der Waals surface area (Å²) >= 11 is 0. The molecule has 0 saturated heterocycles. The molecule has 0 saturated carbocycles. The molecule has 118 valence electrons. The highest BCUT2D eigenvalue weighted by atomic mass is 16.6. The lowest BCUT2D eigenvalue weighted by Gasteiger charge is -2.25. The van der Waals surface area contributed by atoms with Gasteiger partial charge in [0.05, 0.1) is 0 Å². The molecule has 1 aromatic rings. The zero-order valence-corrected chi connectivity index (χ0v) is 14.1. The number of likely N-dealkylation sites (N-methyl/N-ethyl adjacent to an activating group) is 1. The van der Waals surface area contributed by atoms with Crippen molar-refractivity contribution in [2.24, 2.45) is 0 Å².